The van der Waals surface area contributed by atoms with Crippen LogP contribution in [0.15, 0.2) is 42.5 Å². The van der Waals surface area contributed by atoms with Gasteiger partial charge in [-0.3, -0.25) is 4.98 Å². The molecule has 0 fully saturated rings. The van der Waals surface area contributed by atoms with E-state index in [9.17, 15) is 9.59 Å². The van der Waals surface area contributed by atoms with Gasteiger partial charge in [-0.25, -0.2) is 9.59 Å². The number of aromatic nitrogens is 1. The van der Waals surface area contributed by atoms with Gasteiger partial charge in [-0.15, -0.1) is 0 Å². The molecule has 1 aromatic heterocycles. The summed E-state index contributed by atoms with van der Waals surface area (Å²) < 4.78 is 5.49. The summed E-state index contributed by atoms with van der Waals surface area (Å²) in [5.74, 6) is 0.377. The van der Waals surface area contributed by atoms with E-state index in [4.69, 9.17) is 14.8 Å². The van der Waals surface area contributed by atoms with E-state index >= 15 is 0 Å². The molecule has 0 aliphatic heterocycles. The number of pyridine rings is 1. The van der Waals surface area contributed by atoms with Crippen molar-refractivity contribution in [3.8, 4) is 11.1 Å². The van der Waals surface area contributed by atoms with Crippen molar-refractivity contribution in [1.82, 2.24) is 15.6 Å². The van der Waals surface area contributed by atoms with Gasteiger partial charge in [-0.2, -0.15) is 0 Å². The van der Waals surface area contributed by atoms with E-state index in [-0.39, 0.29) is 6.54 Å². The van der Waals surface area contributed by atoms with Crippen molar-refractivity contribution in [1.29, 1.82) is 0 Å². The van der Waals surface area contributed by atoms with Gasteiger partial charge in [0.15, 0.2) is 0 Å². The van der Waals surface area contributed by atoms with Crippen molar-refractivity contribution in [2.24, 2.45) is 5.92 Å². The summed E-state index contributed by atoms with van der Waals surface area (Å²) in [6.45, 7) is 12.5. The number of fused-ring (bicyclic) bond motifs is 1. The first-order chi connectivity index (χ1) is 16.9. The van der Waals surface area contributed by atoms with Crippen molar-refractivity contribution in [3.05, 3.63) is 64.8 Å². The van der Waals surface area contributed by atoms with Crippen LogP contribution in [0.3, 0.4) is 0 Å². The lowest BCUT2D eigenvalue weighted by atomic mass is 9.90. The Labute approximate surface area is 213 Å². The van der Waals surface area contributed by atoms with Gasteiger partial charge in [0.05, 0.1) is 5.52 Å². The largest absolute Gasteiger partial charge is 0.465 e. The lowest BCUT2D eigenvalue weighted by Crippen LogP contribution is -2.32. The summed E-state index contributed by atoms with van der Waals surface area (Å²) >= 11 is 0. The first kappa shape index (κ1) is 27.0. The van der Waals surface area contributed by atoms with Crippen LogP contribution >= 0.6 is 0 Å². The van der Waals surface area contributed by atoms with Crippen molar-refractivity contribution in [2.45, 2.75) is 66.5 Å². The van der Waals surface area contributed by atoms with Crippen molar-refractivity contribution < 1.29 is 19.4 Å². The van der Waals surface area contributed by atoms with E-state index < -0.39 is 17.8 Å². The Morgan fingerprint density at radius 1 is 1.06 bits per heavy atom. The average molecular weight is 492 g/mol. The molecule has 192 valence electrons. The second-order valence-corrected chi connectivity index (χ2v) is 10.6. The lowest BCUT2D eigenvalue weighted by molar-refractivity contribution is 0.0523. The Bertz CT molecular complexity index is 1230. The zero-order chi connectivity index (χ0) is 26.5. The maximum atomic E-state index is 12.5. The van der Waals surface area contributed by atoms with E-state index in [2.05, 4.69) is 61.7 Å². The first-order valence-electron chi connectivity index (χ1n) is 12.4. The minimum Gasteiger partial charge on any atom is -0.465 e. The Morgan fingerprint density at radius 3 is 2.36 bits per heavy atom. The fourth-order valence-electron chi connectivity index (χ4n) is 4.14. The van der Waals surface area contributed by atoms with Gasteiger partial charge in [0.1, 0.15) is 5.60 Å². The molecule has 7 nitrogen and oxygen atoms in total. The number of nitrogens with zero attached hydrogens (tertiary/aromatic N) is 1. The van der Waals surface area contributed by atoms with Gasteiger partial charge < -0.3 is 20.5 Å². The van der Waals surface area contributed by atoms with Gasteiger partial charge in [0, 0.05) is 29.7 Å². The van der Waals surface area contributed by atoms with E-state index in [1.807, 2.05) is 32.9 Å². The quantitative estimate of drug-likeness (QED) is 0.346. The zero-order valence-electron chi connectivity index (χ0n) is 22.1. The Hall–Kier alpha value is -3.61. The predicted molar refractivity (Wildman–Crippen MR) is 143 cm³/mol. The number of rotatable bonds is 8. The number of benzene rings is 2. The van der Waals surface area contributed by atoms with Crippen LogP contribution in [0.2, 0.25) is 0 Å². The van der Waals surface area contributed by atoms with E-state index in [1.54, 1.807) is 0 Å². The molecule has 0 saturated carbocycles. The van der Waals surface area contributed by atoms with Crippen LogP contribution in [-0.2, 0) is 24.1 Å². The van der Waals surface area contributed by atoms with Crippen LogP contribution in [0.4, 0.5) is 9.59 Å². The number of ether oxygens (including phenoxy) is 1. The molecule has 3 N–H and O–H groups in total. The van der Waals surface area contributed by atoms with E-state index in [1.165, 1.54) is 0 Å². The van der Waals surface area contributed by atoms with Crippen LogP contribution in [0.1, 0.15) is 57.0 Å². The molecule has 0 bridgehead atoms. The number of hydrogen-bond acceptors (Lipinski definition) is 4. The number of carbonyl (C=O) groups excluding carboxylic acids is 1. The third kappa shape index (κ3) is 7.44. The SMILES string of the molecule is Cc1ccc(-c2c(CNC(=O)OC(C)(C)C)c(CC(C)C)nc3ccc(CCNC(=O)O)cc23)cc1. The molecular formula is C29H37N3O4. The molecule has 0 radical (unpaired) electrons. The van der Waals surface area contributed by atoms with E-state index in [0.717, 1.165) is 50.8 Å². The molecule has 1 heterocycles. The normalized spacial score (nSPS) is 11.5. The smallest absolute Gasteiger partial charge is 0.407 e. The fourth-order valence-corrected chi connectivity index (χ4v) is 4.14. The highest BCUT2D eigenvalue weighted by atomic mass is 16.6. The Balaban J connectivity index is 2.16. The molecule has 0 aliphatic rings. The standard InChI is InChI=1S/C29H37N3O4/c1-18(2)15-25-23(17-31-28(35)36-29(4,5)6)26(21-10-7-19(3)8-11-21)22-16-20(9-12-24(22)32-25)13-14-30-27(33)34/h7-12,16,18,30H,13-15,17H2,1-6H3,(H,31,35)(H,33,34). The number of carbonyl (C=O) groups is 2. The molecule has 0 saturated heterocycles. The number of alkyl carbamates (subject to hydrolysis) is 1. The maximum Gasteiger partial charge on any atom is 0.407 e. The highest BCUT2D eigenvalue weighted by Crippen LogP contribution is 2.35. The third-order valence-electron chi connectivity index (χ3n) is 5.68. The topological polar surface area (TPSA) is 101 Å². The molecule has 0 unspecified atom stereocenters. The van der Waals surface area contributed by atoms with E-state index in [0.29, 0.717) is 18.9 Å². The highest BCUT2D eigenvalue weighted by Gasteiger charge is 2.21. The molecule has 2 aromatic carbocycles. The van der Waals surface area contributed by atoms with Crippen molar-refractivity contribution >= 4 is 23.1 Å². The Kier molecular flexibility index (Phi) is 8.56. The van der Waals surface area contributed by atoms with Crippen LogP contribution in [0.5, 0.6) is 0 Å². The lowest BCUT2D eigenvalue weighted by Gasteiger charge is -2.22. The summed E-state index contributed by atoms with van der Waals surface area (Å²) in [7, 11) is 0. The molecular weight excluding hydrogens is 454 g/mol. The van der Waals surface area contributed by atoms with Crippen molar-refractivity contribution in [3.63, 3.8) is 0 Å². The summed E-state index contributed by atoms with van der Waals surface area (Å²) in [5.41, 5.74) is 6.43. The first-order valence-corrected chi connectivity index (χ1v) is 12.4. The molecule has 7 heteroatoms. The van der Waals surface area contributed by atoms with Gasteiger partial charge in [-0.1, -0.05) is 49.7 Å². The molecule has 3 rings (SSSR count). The maximum absolute atomic E-state index is 12.5. The number of amides is 2. The summed E-state index contributed by atoms with van der Waals surface area (Å²) in [6, 6.07) is 14.4. The third-order valence-corrected chi connectivity index (χ3v) is 5.68. The summed E-state index contributed by atoms with van der Waals surface area (Å²) in [6.07, 6.45) is -0.174. The molecule has 36 heavy (non-hydrogen) atoms. The summed E-state index contributed by atoms with van der Waals surface area (Å²) in [4.78, 5) is 28.4. The second-order valence-electron chi connectivity index (χ2n) is 10.6. The Morgan fingerprint density at radius 2 is 1.75 bits per heavy atom. The molecule has 0 atom stereocenters. The molecule has 0 spiro atoms. The molecule has 0 aliphatic carbocycles. The predicted octanol–water partition coefficient (Wildman–Crippen LogP) is 6.24. The van der Waals surface area contributed by atoms with Gasteiger partial charge >= 0.3 is 12.2 Å². The van der Waals surface area contributed by atoms with Crippen molar-refractivity contribution in [2.75, 3.05) is 6.54 Å². The van der Waals surface area contributed by atoms with Crippen LogP contribution in [-0.4, -0.2) is 34.4 Å². The fraction of sp³-hybridized carbons (Fsp3) is 0.414. The number of aryl methyl sites for hydroxylation is 1. The van der Waals surface area contributed by atoms with Crippen LogP contribution in [0.25, 0.3) is 22.0 Å². The van der Waals surface area contributed by atoms with Crippen LogP contribution in [0, 0.1) is 12.8 Å². The highest BCUT2D eigenvalue weighted by molar-refractivity contribution is 5.97. The average Bonchev–Trinajstić information content (AvgIpc) is 2.76. The number of hydrogen-bond donors (Lipinski definition) is 3. The number of nitrogens with one attached hydrogen (secondary N) is 2. The van der Waals surface area contributed by atoms with Gasteiger partial charge in [0.2, 0.25) is 0 Å². The number of carboxylic acid groups (broad SMARTS) is 1. The second kappa shape index (κ2) is 11.4. The monoisotopic (exact) mass is 491 g/mol. The van der Waals surface area contributed by atoms with Gasteiger partial charge in [-0.05, 0) is 75.3 Å². The zero-order valence-corrected chi connectivity index (χ0v) is 22.1. The molecule has 3 aromatic rings. The van der Waals surface area contributed by atoms with Gasteiger partial charge in [0.25, 0.3) is 0 Å². The minimum atomic E-state index is -1.04. The summed E-state index contributed by atoms with van der Waals surface area (Å²) in [5, 5.41) is 15.3. The minimum absolute atomic E-state index is 0.286. The van der Waals surface area contributed by atoms with Crippen LogP contribution < -0.4 is 10.6 Å². The molecule has 2 amide bonds.